The number of nitrogens with zero attached hydrogens (tertiary/aromatic N) is 1. The van der Waals surface area contributed by atoms with Crippen molar-refractivity contribution in [2.75, 3.05) is 7.11 Å². The van der Waals surface area contributed by atoms with Gasteiger partial charge in [0.2, 0.25) is 0 Å². The summed E-state index contributed by atoms with van der Waals surface area (Å²) in [5, 5.41) is 0. The molecule has 1 fully saturated rings. The summed E-state index contributed by atoms with van der Waals surface area (Å²) < 4.78 is 4.60. The molecule has 0 spiro atoms. The van der Waals surface area contributed by atoms with Gasteiger partial charge < -0.3 is 4.74 Å². The highest BCUT2D eigenvalue weighted by Gasteiger charge is 2.24. The first-order valence-corrected chi connectivity index (χ1v) is 5.79. The van der Waals surface area contributed by atoms with Crippen LogP contribution in [0, 0.1) is 0 Å². The fourth-order valence-electron chi connectivity index (χ4n) is 2.15. The molecule has 1 aliphatic rings. The first kappa shape index (κ1) is 11.8. The summed E-state index contributed by atoms with van der Waals surface area (Å²) in [6, 6.07) is 3.41. The largest absolute Gasteiger partial charge is 0.465 e. The topological polar surface area (TPSA) is 56.3 Å². The minimum Gasteiger partial charge on any atom is -0.465 e. The zero-order chi connectivity index (χ0) is 12.3. The van der Waals surface area contributed by atoms with Crippen molar-refractivity contribution in [3.05, 3.63) is 29.6 Å². The number of ketones is 1. The maximum absolute atomic E-state index is 11.7. The van der Waals surface area contributed by atoms with E-state index in [0.717, 1.165) is 25.0 Å². The van der Waals surface area contributed by atoms with Crippen LogP contribution in [0.25, 0.3) is 0 Å². The normalized spacial score (nSPS) is 20.1. The Morgan fingerprint density at radius 1 is 1.41 bits per heavy atom. The van der Waals surface area contributed by atoms with Crippen molar-refractivity contribution < 1.29 is 14.3 Å². The van der Waals surface area contributed by atoms with Crippen molar-refractivity contribution in [1.82, 2.24) is 4.98 Å². The monoisotopic (exact) mass is 233 g/mol. The van der Waals surface area contributed by atoms with E-state index in [4.69, 9.17) is 0 Å². The van der Waals surface area contributed by atoms with Gasteiger partial charge in [-0.1, -0.05) is 6.42 Å². The molecule has 4 heteroatoms. The van der Waals surface area contributed by atoms with E-state index in [1.807, 2.05) is 0 Å². The lowest BCUT2D eigenvalue weighted by atomic mass is 9.85. The van der Waals surface area contributed by atoms with Gasteiger partial charge in [-0.05, 0) is 25.0 Å². The van der Waals surface area contributed by atoms with Crippen molar-refractivity contribution in [2.45, 2.75) is 31.6 Å². The molecule has 0 bridgehead atoms. The molecule has 1 aromatic rings. The number of hydrogen-bond acceptors (Lipinski definition) is 4. The number of Topliss-reactive ketones (excluding diaryl/α,β-unsaturated/α-hetero) is 1. The SMILES string of the molecule is COC(=O)c1ccc(C2CCCCC2=O)nc1. The Morgan fingerprint density at radius 3 is 2.82 bits per heavy atom. The molecule has 1 saturated carbocycles. The van der Waals surface area contributed by atoms with Crippen LogP contribution in [0.15, 0.2) is 18.3 Å². The lowest BCUT2D eigenvalue weighted by Gasteiger charge is -2.19. The van der Waals surface area contributed by atoms with Gasteiger partial charge in [0, 0.05) is 12.6 Å². The second-order valence-electron chi connectivity index (χ2n) is 4.23. The molecule has 1 aromatic heterocycles. The standard InChI is InChI=1S/C13H15NO3/c1-17-13(16)9-6-7-11(14-8-9)10-4-2-3-5-12(10)15/h6-8,10H,2-5H2,1H3. The van der Waals surface area contributed by atoms with E-state index in [1.165, 1.54) is 13.3 Å². The average Bonchev–Trinajstić information content (AvgIpc) is 2.39. The fraction of sp³-hybridized carbons (Fsp3) is 0.462. The molecule has 2 rings (SSSR count). The first-order valence-electron chi connectivity index (χ1n) is 5.79. The van der Waals surface area contributed by atoms with E-state index in [0.29, 0.717) is 12.0 Å². The maximum Gasteiger partial charge on any atom is 0.339 e. The Morgan fingerprint density at radius 2 is 2.24 bits per heavy atom. The summed E-state index contributed by atoms with van der Waals surface area (Å²) in [6.07, 6.45) is 5.03. The van der Waals surface area contributed by atoms with Crippen molar-refractivity contribution in [1.29, 1.82) is 0 Å². The highest BCUT2D eigenvalue weighted by molar-refractivity contribution is 5.89. The van der Waals surface area contributed by atoms with Crippen molar-refractivity contribution >= 4 is 11.8 Å². The van der Waals surface area contributed by atoms with Crippen LogP contribution in [0.5, 0.6) is 0 Å². The van der Waals surface area contributed by atoms with Crippen LogP contribution in [-0.2, 0) is 9.53 Å². The molecule has 90 valence electrons. The van der Waals surface area contributed by atoms with Gasteiger partial charge in [0.1, 0.15) is 5.78 Å². The molecule has 0 radical (unpaired) electrons. The van der Waals surface area contributed by atoms with E-state index < -0.39 is 5.97 Å². The summed E-state index contributed by atoms with van der Waals surface area (Å²) >= 11 is 0. The van der Waals surface area contributed by atoms with Gasteiger partial charge in [-0.2, -0.15) is 0 Å². The summed E-state index contributed by atoms with van der Waals surface area (Å²) in [7, 11) is 1.33. The Bertz CT molecular complexity index is 425. The highest BCUT2D eigenvalue weighted by atomic mass is 16.5. The van der Waals surface area contributed by atoms with Crippen molar-refractivity contribution in [2.24, 2.45) is 0 Å². The van der Waals surface area contributed by atoms with Gasteiger partial charge in [-0.15, -0.1) is 0 Å². The number of pyridine rings is 1. The lowest BCUT2D eigenvalue weighted by molar-refractivity contribution is -0.121. The number of ether oxygens (including phenoxy) is 1. The van der Waals surface area contributed by atoms with Crippen LogP contribution in [0.1, 0.15) is 47.7 Å². The minimum atomic E-state index is -0.404. The van der Waals surface area contributed by atoms with Gasteiger partial charge in [0.15, 0.2) is 0 Å². The van der Waals surface area contributed by atoms with Gasteiger partial charge in [0.25, 0.3) is 0 Å². The molecule has 1 unspecified atom stereocenters. The molecule has 0 aliphatic heterocycles. The van der Waals surface area contributed by atoms with Gasteiger partial charge in [-0.25, -0.2) is 4.79 Å². The minimum absolute atomic E-state index is 0.0875. The molecule has 17 heavy (non-hydrogen) atoms. The average molecular weight is 233 g/mol. The van der Waals surface area contributed by atoms with E-state index in [1.54, 1.807) is 12.1 Å². The molecule has 4 nitrogen and oxygen atoms in total. The summed E-state index contributed by atoms with van der Waals surface area (Å²) in [4.78, 5) is 27.2. The first-order chi connectivity index (χ1) is 8.22. The van der Waals surface area contributed by atoms with Crippen LogP contribution < -0.4 is 0 Å². The zero-order valence-electron chi connectivity index (χ0n) is 9.81. The quantitative estimate of drug-likeness (QED) is 0.734. The molecule has 0 N–H and O–H groups in total. The van der Waals surface area contributed by atoms with Crippen LogP contribution in [-0.4, -0.2) is 23.8 Å². The summed E-state index contributed by atoms with van der Waals surface area (Å²) in [6.45, 7) is 0. The number of methoxy groups -OCH3 is 1. The van der Waals surface area contributed by atoms with E-state index in [-0.39, 0.29) is 11.7 Å². The summed E-state index contributed by atoms with van der Waals surface area (Å²) in [5.74, 6) is -0.232. The highest BCUT2D eigenvalue weighted by Crippen LogP contribution is 2.28. The second kappa shape index (κ2) is 5.08. The van der Waals surface area contributed by atoms with Crippen molar-refractivity contribution in [3.63, 3.8) is 0 Å². The molecular formula is C13H15NO3. The van der Waals surface area contributed by atoms with E-state index >= 15 is 0 Å². The lowest BCUT2D eigenvalue weighted by Crippen LogP contribution is -2.18. The molecule has 0 saturated heterocycles. The van der Waals surface area contributed by atoms with Crippen molar-refractivity contribution in [3.8, 4) is 0 Å². The molecular weight excluding hydrogens is 218 g/mol. The number of carbonyl (C=O) groups excluding carboxylic acids is 2. The Kier molecular flexibility index (Phi) is 3.52. The van der Waals surface area contributed by atoms with Crippen LogP contribution in [0.2, 0.25) is 0 Å². The Hall–Kier alpha value is -1.71. The number of carbonyl (C=O) groups is 2. The molecule has 1 heterocycles. The predicted octanol–water partition coefficient (Wildman–Crippen LogP) is 2.09. The molecule has 1 aliphatic carbocycles. The number of esters is 1. The number of rotatable bonds is 2. The molecule has 1 atom stereocenters. The maximum atomic E-state index is 11.7. The molecule has 0 aromatic carbocycles. The number of hydrogen-bond donors (Lipinski definition) is 0. The third-order valence-corrected chi connectivity index (χ3v) is 3.12. The predicted molar refractivity (Wildman–Crippen MR) is 61.8 cm³/mol. The third-order valence-electron chi connectivity index (χ3n) is 3.12. The fourth-order valence-corrected chi connectivity index (χ4v) is 2.15. The van der Waals surface area contributed by atoms with Crippen LogP contribution in [0.3, 0.4) is 0 Å². The number of aromatic nitrogens is 1. The van der Waals surface area contributed by atoms with E-state index in [9.17, 15) is 9.59 Å². The zero-order valence-corrected chi connectivity index (χ0v) is 9.81. The smallest absolute Gasteiger partial charge is 0.339 e. The Labute approximate surface area is 100 Å². The van der Waals surface area contributed by atoms with Gasteiger partial charge >= 0.3 is 5.97 Å². The second-order valence-corrected chi connectivity index (χ2v) is 4.23. The van der Waals surface area contributed by atoms with Crippen LogP contribution >= 0.6 is 0 Å². The molecule has 0 amide bonds. The Balaban J connectivity index is 2.17. The van der Waals surface area contributed by atoms with Gasteiger partial charge in [0.05, 0.1) is 24.3 Å². The third kappa shape index (κ3) is 2.52. The summed E-state index contributed by atoms with van der Waals surface area (Å²) in [5.41, 5.74) is 1.18. The van der Waals surface area contributed by atoms with Gasteiger partial charge in [-0.3, -0.25) is 9.78 Å². The van der Waals surface area contributed by atoms with E-state index in [2.05, 4.69) is 9.72 Å². The van der Waals surface area contributed by atoms with Crippen LogP contribution in [0.4, 0.5) is 0 Å².